The van der Waals surface area contributed by atoms with Crippen LogP contribution in [-0.4, -0.2) is 35.0 Å². The zero-order chi connectivity index (χ0) is 9.00. The molecule has 12 heavy (non-hydrogen) atoms. The molecule has 8 nitrogen and oxygen atoms in total. The number of hydrogen-bond acceptors (Lipinski definition) is 8. The van der Waals surface area contributed by atoms with Gasteiger partial charge in [0.25, 0.3) is 0 Å². The van der Waals surface area contributed by atoms with Gasteiger partial charge < -0.3 is 18.2 Å². The Hall–Kier alpha value is 2.32. The fourth-order valence-corrected chi connectivity index (χ4v) is 0. The van der Waals surface area contributed by atoms with Gasteiger partial charge in [0.1, 0.15) is 0 Å². The summed E-state index contributed by atoms with van der Waals surface area (Å²) in [5.41, 5.74) is 0. The van der Waals surface area contributed by atoms with Gasteiger partial charge in [0.05, 0.1) is 0 Å². The molecule has 0 heterocycles. The SMILES string of the molecule is O=S(=O)([O-])[O-].O=S(=O)([O-])[O-].[Cr+3].[Cs+]. The third kappa shape index (κ3) is 293. The van der Waals surface area contributed by atoms with E-state index in [2.05, 4.69) is 0 Å². The molecule has 0 aliphatic rings. The van der Waals surface area contributed by atoms with E-state index in [1.807, 2.05) is 0 Å². The molecular formula is CrCsO8S2. The van der Waals surface area contributed by atoms with E-state index in [-0.39, 0.29) is 86.3 Å². The van der Waals surface area contributed by atoms with Gasteiger partial charge in [0.15, 0.2) is 0 Å². The zero-order valence-corrected chi connectivity index (χ0v) is 14.7. The first-order valence-electron chi connectivity index (χ1n) is 1.33. The third-order valence-corrected chi connectivity index (χ3v) is 0. The largest absolute Gasteiger partial charge is 3.00 e. The minimum atomic E-state index is -5.17. The molecule has 0 unspecified atom stereocenters. The summed E-state index contributed by atoms with van der Waals surface area (Å²) in [5.74, 6) is 0. The Morgan fingerprint density at radius 1 is 0.667 bits per heavy atom. The van der Waals surface area contributed by atoms with Gasteiger partial charge in [-0.05, 0) is 0 Å². The molecule has 1 radical (unpaired) electrons. The van der Waals surface area contributed by atoms with E-state index >= 15 is 0 Å². The molecule has 0 aromatic heterocycles. The molecule has 0 amide bonds. The second-order valence-electron chi connectivity index (χ2n) is 0.816. The van der Waals surface area contributed by atoms with Gasteiger partial charge in [-0.2, -0.15) is 0 Å². The van der Waals surface area contributed by atoms with Gasteiger partial charge in [0.2, 0.25) is 0 Å². The Morgan fingerprint density at radius 3 is 0.667 bits per heavy atom. The maximum atomic E-state index is 8.52. The van der Waals surface area contributed by atoms with Crippen LogP contribution in [0.3, 0.4) is 0 Å². The van der Waals surface area contributed by atoms with Crippen LogP contribution in [0.25, 0.3) is 0 Å². The van der Waals surface area contributed by atoms with Crippen molar-refractivity contribution in [3.8, 4) is 0 Å². The van der Waals surface area contributed by atoms with Crippen LogP contribution in [-0.2, 0) is 38.2 Å². The van der Waals surface area contributed by atoms with E-state index in [4.69, 9.17) is 35.0 Å². The maximum absolute atomic E-state index is 8.52. The van der Waals surface area contributed by atoms with Crippen molar-refractivity contribution in [2.24, 2.45) is 0 Å². The van der Waals surface area contributed by atoms with Crippen LogP contribution < -0.4 is 68.9 Å². The number of rotatable bonds is 0. The van der Waals surface area contributed by atoms with E-state index in [1.165, 1.54) is 0 Å². The molecule has 0 spiro atoms. The van der Waals surface area contributed by atoms with Crippen molar-refractivity contribution < 1.29 is 121 Å². The average molecular weight is 377 g/mol. The third-order valence-electron chi connectivity index (χ3n) is 0. The first-order chi connectivity index (χ1) is 4.00. The Bertz CT molecular complexity index is 213. The smallest absolute Gasteiger partial charge is 0.759 e. The van der Waals surface area contributed by atoms with Crippen molar-refractivity contribution in [3.63, 3.8) is 0 Å². The Labute approximate surface area is 139 Å². The summed E-state index contributed by atoms with van der Waals surface area (Å²) in [7, 11) is -10.3. The van der Waals surface area contributed by atoms with Crippen LogP contribution in [0, 0.1) is 0 Å². The number of hydrogen-bond donors (Lipinski definition) is 0. The quantitative estimate of drug-likeness (QED) is 0.298. The summed E-state index contributed by atoms with van der Waals surface area (Å²) in [5, 5.41) is 0. The fourth-order valence-electron chi connectivity index (χ4n) is 0. The zero-order valence-electron chi connectivity index (χ0n) is 5.49. The van der Waals surface area contributed by atoms with Gasteiger partial charge in [-0.3, -0.25) is 16.8 Å². The molecule has 12 heteroatoms. The average Bonchev–Trinajstić information content (AvgIpc) is 1.12. The molecule has 0 aliphatic carbocycles. The van der Waals surface area contributed by atoms with Crippen molar-refractivity contribution in [1.82, 2.24) is 0 Å². The van der Waals surface area contributed by atoms with Gasteiger partial charge in [-0.15, -0.1) is 0 Å². The van der Waals surface area contributed by atoms with E-state index in [0.29, 0.717) is 0 Å². The summed E-state index contributed by atoms with van der Waals surface area (Å²) in [6.07, 6.45) is 0. The van der Waals surface area contributed by atoms with E-state index in [9.17, 15) is 0 Å². The Morgan fingerprint density at radius 2 is 0.667 bits per heavy atom. The van der Waals surface area contributed by atoms with Crippen LogP contribution in [0.2, 0.25) is 0 Å². The molecule has 0 fully saturated rings. The molecular weight excluding hydrogens is 377 g/mol. The predicted octanol–water partition coefficient (Wildman–Crippen LogP) is -5.67. The molecule has 0 atom stereocenters. The molecule has 0 bridgehead atoms. The Balaban J connectivity index is -0.0000000457. The van der Waals surface area contributed by atoms with E-state index in [0.717, 1.165) is 0 Å². The molecule has 67 valence electrons. The molecule has 0 saturated heterocycles. The summed E-state index contributed by atoms with van der Waals surface area (Å²) in [6, 6.07) is 0. The standard InChI is InChI=1S/Cr.Cs.2H2O4S/c;;2*1-5(2,3)4/h;;2*(H2,1,2,3,4)/q+3;+1;;/p-4. The van der Waals surface area contributed by atoms with Crippen LogP contribution in [0.4, 0.5) is 0 Å². The molecule has 0 aliphatic heterocycles. The predicted molar refractivity (Wildman–Crippen MR) is 20.9 cm³/mol. The summed E-state index contributed by atoms with van der Waals surface area (Å²) in [6.45, 7) is 0. The van der Waals surface area contributed by atoms with Crippen molar-refractivity contribution >= 4 is 20.8 Å². The normalized spacial score (nSPS) is 9.67. The van der Waals surface area contributed by atoms with Gasteiger partial charge in [-0.25, -0.2) is 0 Å². The van der Waals surface area contributed by atoms with Crippen molar-refractivity contribution in [2.45, 2.75) is 0 Å². The van der Waals surface area contributed by atoms with Crippen molar-refractivity contribution in [2.75, 3.05) is 0 Å². The van der Waals surface area contributed by atoms with Gasteiger partial charge in [-0.1, -0.05) is 0 Å². The topological polar surface area (TPSA) is 161 Å². The molecule has 0 aromatic carbocycles. The van der Waals surface area contributed by atoms with Gasteiger partial charge >= 0.3 is 86.3 Å². The summed E-state index contributed by atoms with van der Waals surface area (Å²) in [4.78, 5) is 0. The minimum absolute atomic E-state index is 0. The summed E-state index contributed by atoms with van der Waals surface area (Å²) >= 11 is 0. The first kappa shape index (κ1) is 23.9. The summed E-state index contributed by atoms with van der Waals surface area (Å²) < 4.78 is 68.2. The second kappa shape index (κ2) is 9.86. The van der Waals surface area contributed by atoms with Crippen LogP contribution in [0.15, 0.2) is 0 Å². The second-order valence-corrected chi connectivity index (χ2v) is 2.45. The monoisotopic (exact) mass is 377 g/mol. The first-order valence-corrected chi connectivity index (χ1v) is 4.00. The maximum Gasteiger partial charge on any atom is 3.00 e. The van der Waals surface area contributed by atoms with E-state index in [1.54, 1.807) is 0 Å². The van der Waals surface area contributed by atoms with Crippen LogP contribution in [0.1, 0.15) is 0 Å². The molecule has 0 aromatic rings. The molecule has 0 rings (SSSR count). The molecule has 0 saturated carbocycles. The van der Waals surface area contributed by atoms with Crippen molar-refractivity contribution in [1.29, 1.82) is 0 Å². The van der Waals surface area contributed by atoms with Crippen molar-refractivity contribution in [3.05, 3.63) is 0 Å². The van der Waals surface area contributed by atoms with Crippen LogP contribution in [0.5, 0.6) is 0 Å². The van der Waals surface area contributed by atoms with E-state index < -0.39 is 20.8 Å². The molecule has 0 N–H and O–H groups in total. The van der Waals surface area contributed by atoms with Gasteiger partial charge in [0, 0.05) is 20.8 Å². The minimum Gasteiger partial charge on any atom is -0.759 e. The fraction of sp³-hybridized carbons (Fsp3) is 0. The van der Waals surface area contributed by atoms with Crippen LogP contribution >= 0.6 is 0 Å². The Kier molecular flexibility index (Phi) is 19.6.